The van der Waals surface area contributed by atoms with Crippen molar-refractivity contribution in [2.75, 3.05) is 32.7 Å². The molecule has 7 nitrogen and oxygen atoms in total. The molecule has 0 bridgehead atoms. The van der Waals surface area contributed by atoms with Crippen molar-refractivity contribution in [2.45, 2.75) is 37.5 Å². The zero-order valence-electron chi connectivity index (χ0n) is 15.8. The average molecular weight is 393 g/mol. The van der Waals surface area contributed by atoms with E-state index in [1.807, 2.05) is 6.07 Å². The number of nitriles is 1. The van der Waals surface area contributed by atoms with Crippen molar-refractivity contribution < 1.29 is 13.2 Å². The van der Waals surface area contributed by atoms with Crippen LogP contribution in [-0.2, 0) is 10.0 Å². The third-order valence-electron chi connectivity index (χ3n) is 4.77. The van der Waals surface area contributed by atoms with E-state index in [0.29, 0.717) is 12.1 Å². The Morgan fingerprint density at radius 3 is 2.52 bits per heavy atom. The average Bonchev–Trinajstić information content (AvgIpc) is 2.66. The molecule has 2 rings (SSSR count). The van der Waals surface area contributed by atoms with E-state index < -0.39 is 10.0 Å². The predicted octanol–water partition coefficient (Wildman–Crippen LogP) is 1.73. The van der Waals surface area contributed by atoms with Gasteiger partial charge >= 0.3 is 0 Å². The summed E-state index contributed by atoms with van der Waals surface area (Å²) < 4.78 is 26.4. The van der Waals surface area contributed by atoms with Crippen LogP contribution in [0.25, 0.3) is 0 Å². The highest BCUT2D eigenvalue weighted by atomic mass is 32.2. The fourth-order valence-corrected chi connectivity index (χ4v) is 4.03. The molecule has 1 heterocycles. The molecule has 0 unspecified atom stereocenters. The quantitative estimate of drug-likeness (QED) is 0.623. The van der Waals surface area contributed by atoms with Gasteiger partial charge in [0.1, 0.15) is 0 Å². The molecule has 1 fully saturated rings. The maximum absolute atomic E-state index is 12.2. The fraction of sp³-hybridized carbons (Fsp3) is 0.579. The minimum Gasteiger partial charge on any atom is -0.352 e. The molecule has 148 valence electrons. The van der Waals surface area contributed by atoms with Crippen LogP contribution in [0.3, 0.4) is 0 Å². The molecule has 0 aliphatic carbocycles. The highest BCUT2D eigenvalue weighted by Crippen LogP contribution is 2.15. The first kappa shape index (κ1) is 21.4. The summed E-state index contributed by atoms with van der Waals surface area (Å²) >= 11 is 0. The number of sulfonamides is 1. The fourth-order valence-electron chi connectivity index (χ4n) is 3.00. The molecule has 0 radical (unpaired) electrons. The maximum atomic E-state index is 12.2. The van der Waals surface area contributed by atoms with Gasteiger partial charge in [0.05, 0.1) is 11.0 Å². The Labute approximate surface area is 161 Å². The highest BCUT2D eigenvalue weighted by Gasteiger charge is 2.16. The van der Waals surface area contributed by atoms with E-state index in [1.54, 1.807) is 0 Å². The number of benzene rings is 1. The number of carbonyl (C=O) groups is 1. The molecule has 0 spiro atoms. The Bertz CT molecular complexity index is 748. The summed E-state index contributed by atoms with van der Waals surface area (Å²) in [6.07, 6.45) is 3.49. The van der Waals surface area contributed by atoms with Crippen LogP contribution in [0.2, 0.25) is 0 Å². The number of hydrogen-bond acceptors (Lipinski definition) is 5. The molecule has 1 amide bonds. The smallest absolute Gasteiger partial charge is 0.251 e. The second-order valence-corrected chi connectivity index (χ2v) is 8.73. The number of rotatable bonds is 9. The summed E-state index contributed by atoms with van der Waals surface area (Å²) in [6.45, 7) is 6.20. The van der Waals surface area contributed by atoms with Gasteiger partial charge < -0.3 is 10.2 Å². The number of nitrogens with zero attached hydrogens (tertiary/aromatic N) is 2. The molecule has 1 aliphatic heterocycles. The van der Waals surface area contributed by atoms with Gasteiger partial charge in [-0.15, -0.1) is 0 Å². The van der Waals surface area contributed by atoms with Crippen molar-refractivity contribution in [1.29, 1.82) is 5.26 Å². The number of amides is 1. The first-order chi connectivity index (χ1) is 12.9. The molecule has 1 aromatic carbocycles. The molecule has 1 saturated heterocycles. The van der Waals surface area contributed by atoms with Crippen molar-refractivity contribution in [3.8, 4) is 6.07 Å². The lowest BCUT2D eigenvalue weighted by Crippen LogP contribution is -2.35. The summed E-state index contributed by atoms with van der Waals surface area (Å²) in [5.41, 5.74) is 0.428. The Kier molecular flexibility index (Phi) is 8.23. The molecule has 0 aromatic heterocycles. The predicted molar refractivity (Wildman–Crippen MR) is 104 cm³/mol. The van der Waals surface area contributed by atoms with Gasteiger partial charge in [0.15, 0.2) is 0 Å². The van der Waals surface area contributed by atoms with Gasteiger partial charge in [0, 0.05) is 25.1 Å². The second-order valence-electron chi connectivity index (χ2n) is 6.96. The van der Waals surface area contributed by atoms with Gasteiger partial charge in [-0.25, -0.2) is 13.1 Å². The van der Waals surface area contributed by atoms with E-state index in [4.69, 9.17) is 5.26 Å². The number of likely N-dealkylation sites (tertiary alicyclic amines) is 1. The minimum atomic E-state index is -3.65. The van der Waals surface area contributed by atoms with E-state index in [0.717, 1.165) is 32.0 Å². The highest BCUT2D eigenvalue weighted by molar-refractivity contribution is 7.89. The molecule has 0 saturated carbocycles. The van der Waals surface area contributed by atoms with Crippen molar-refractivity contribution in [1.82, 2.24) is 14.9 Å². The van der Waals surface area contributed by atoms with Crippen molar-refractivity contribution in [2.24, 2.45) is 5.92 Å². The SMILES string of the molecule is CC1CCN(CCCNC(=O)c2ccc(S(=O)(=O)NCCC#N)cc2)CC1. The molecule has 2 N–H and O–H groups in total. The van der Waals surface area contributed by atoms with Crippen LogP contribution in [0.1, 0.15) is 43.0 Å². The monoisotopic (exact) mass is 392 g/mol. The van der Waals surface area contributed by atoms with Gasteiger partial charge in [-0.2, -0.15) is 5.26 Å². The van der Waals surface area contributed by atoms with Crippen molar-refractivity contribution >= 4 is 15.9 Å². The van der Waals surface area contributed by atoms with Crippen LogP contribution in [0.4, 0.5) is 0 Å². The first-order valence-corrected chi connectivity index (χ1v) is 10.9. The number of hydrogen-bond donors (Lipinski definition) is 2. The molecule has 27 heavy (non-hydrogen) atoms. The van der Waals surface area contributed by atoms with Gasteiger partial charge in [0.2, 0.25) is 10.0 Å². The number of piperidine rings is 1. The molecule has 8 heteroatoms. The molecular weight excluding hydrogens is 364 g/mol. The van der Waals surface area contributed by atoms with Crippen LogP contribution in [-0.4, -0.2) is 51.9 Å². The lowest BCUT2D eigenvalue weighted by molar-refractivity contribution is 0.0950. The number of nitrogens with one attached hydrogen (secondary N) is 2. The van der Waals surface area contributed by atoms with E-state index in [1.165, 1.54) is 37.1 Å². The van der Waals surface area contributed by atoms with Crippen LogP contribution >= 0.6 is 0 Å². The summed E-state index contributed by atoms with van der Waals surface area (Å²) in [5.74, 6) is 0.609. The molecule has 1 aliphatic rings. The van der Waals surface area contributed by atoms with E-state index >= 15 is 0 Å². The lowest BCUT2D eigenvalue weighted by atomic mass is 9.99. The van der Waals surface area contributed by atoms with Crippen LogP contribution in [0.5, 0.6) is 0 Å². The van der Waals surface area contributed by atoms with Gasteiger partial charge in [0.25, 0.3) is 5.91 Å². The Morgan fingerprint density at radius 1 is 1.22 bits per heavy atom. The van der Waals surface area contributed by atoms with Crippen LogP contribution in [0.15, 0.2) is 29.2 Å². The van der Waals surface area contributed by atoms with E-state index in [-0.39, 0.29) is 23.8 Å². The van der Waals surface area contributed by atoms with Gasteiger partial charge in [-0.05, 0) is 69.1 Å². The summed E-state index contributed by atoms with van der Waals surface area (Å²) in [7, 11) is -3.65. The first-order valence-electron chi connectivity index (χ1n) is 9.39. The van der Waals surface area contributed by atoms with E-state index in [2.05, 4.69) is 21.9 Å². The molecular formula is C19H28N4O3S. The normalized spacial score (nSPS) is 16.0. The van der Waals surface area contributed by atoms with E-state index in [9.17, 15) is 13.2 Å². The minimum absolute atomic E-state index is 0.0665. The third kappa shape index (κ3) is 6.94. The number of carbonyl (C=O) groups excluding carboxylic acids is 1. The maximum Gasteiger partial charge on any atom is 0.251 e. The third-order valence-corrected chi connectivity index (χ3v) is 6.25. The Morgan fingerprint density at radius 2 is 1.89 bits per heavy atom. The van der Waals surface area contributed by atoms with Crippen LogP contribution in [0, 0.1) is 17.2 Å². The Hall–Kier alpha value is -1.95. The van der Waals surface area contributed by atoms with Crippen molar-refractivity contribution in [3.63, 3.8) is 0 Å². The van der Waals surface area contributed by atoms with Gasteiger partial charge in [-0.3, -0.25) is 4.79 Å². The molecule has 1 aromatic rings. The Balaban J connectivity index is 1.75. The van der Waals surface area contributed by atoms with Gasteiger partial charge in [-0.1, -0.05) is 6.92 Å². The summed E-state index contributed by atoms with van der Waals surface area (Å²) in [5, 5.41) is 11.4. The standard InChI is InChI=1S/C19H28N4O3S/c1-16-8-14-23(15-9-16)13-3-11-21-19(24)17-4-6-18(7-5-17)27(25,26)22-12-2-10-20/h4-7,16,22H,2-3,8-9,11-15H2,1H3,(H,21,24). The molecule has 0 atom stereocenters. The van der Waals surface area contributed by atoms with Crippen LogP contribution < -0.4 is 10.0 Å². The summed E-state index contributed by atoms with van der Waals surface area (Å²) in [6, 6.07) is 7.68. The zero-order chi connectivity index (χ0) is 19.7. The summed E-state index contributed by atoms with van der Waals surface area (Å²) in [4.78, 5) is 14.7. The zero-order valence-corrected chi connectivity index (χ0v) is 16.6. The van der Waals surface area contributed by atoms with Crippen molar-refractivity contribution in [3.05, 3.63) is 29.8 Å². The second kappa shape index (κ2) is 10.4. The largest absolute Gasteiger partial charge is 0.352 e. The lowest BCUT2D eigenvalue weighted by Gasteiger charge is -2.30. The topological polar surface area (TPSA) is 102 Å².